The number of rotatable bonds is 11. The van der Waals surface area contributed by atoms with Crippen molar-refractivity contribution in [2.24, 2.45) is 0 Å². The van der Waals surface area contributed by atoms with E-state index in [4.69, 9.17) is 9.47 Å². The van der Waals surface area contributed by atoms with Gasteiger partial charge in [0, 0.05) is 12.5 Å². The van der Waals surface area contributed by atoms with Crippen LogP contribution >= 0.6 is 0 Å². The standard InChI is InChI=1S/C24H30N2O5/c1-3-18(2)25-22(27)15-14-21(23(28)30-16-19-10-6-4-7-11-19)26-24(29)31-17-20-12-8-5-9-13-20/h4-13,18,21H,3,14-17H2,1-2H3,(H,25,27)(H,26,29). The lowest BCUT2D eigenvalue weighted by Gasteiger charge is -2.18. The van der Waals surface area contributed by atoms with Gasteiger partial charge in [0.2, 0.25) is 5.91 Å². The Morgan fingerprint density at radius 3 is 1.94 bits per heavy atom. The number of esters is 1. The summed E-state index contributed by atoms with van der Waals surface area (Å²) in [6, 6.07) is 17.5. The van der Waals surface area contributed by atoms with Crippen molar-refractivity contribution < 1.29 is 23.9 Å². The van der Waals surface area contributed by atoms with Gasteiger partial charge < -0.3 is 20.1 Å². The van der Waals surface area contributed by atoms with Crippen molar-refractivity contribution in [2.45, 2.75) is 58.4 Å². The average Bonchev–Trinajstić information content (AvgIpc) is 2.80. The summed E-state index contributed by atoms with van der Waals surface area (Å²) >= 11 is 0. The highest BCUT2D eigenvalue weighted by Crippen LogP contribution is 2.07. The summed E-state index contributed by atoms with van der Waals surface area (Å²) in [6.45, 7) is 4.03. The Hall–Kier alpha value is -3.35. The van der Waals surface area contributed by atoms with Gasteiger partial charge >= 0.3 is 12.1 Å². The van der Waals surface area contributed by atoms with Gasteiger partial charge in [0.15, 0.2) is 0 Å². The molecule has 7 nitrogen and oxygen atoms in total. The van der Waals surface area contributed by atoms with Crippen LogP contribution in [0.1, 0.15) is 44.2 Å². The monoisotopic (exact) mass is 426 g/mol. The topological polar surface area (TPSA) is 93.7 Å². The number of amides is 2. The van der Waals surface area contributed by atoms with Gasteiger partial charge in [0.05, 0.1) is 0 Å². The van der Waals surface area contributed by atoms with E-state index in [-0.39, 0.29) is 38.0 Å². The maximum Gasteiger partial charge on any atom is 0.408 e. The number of carbonyl (C=O) groups is 3. The van der Waals surface area contributed by atoms with Crippen molar-refractivity contribution in [3.05, 3.63) is 71.8 Å². The van der Waals surface area contributed by atoms with E-state index in [0.717, 1.165) is 17.5 Å². The molecule has 2 aromatic rings. The second-order valence-corrected chi connectivity index (χ2v) is 7.27. The molecular formula is C24H30N2O5. The molecule has 31 heavy (non-hydrogen) atoms. The van der Waals surface area contributed by atoms with Crippen LogP contribution in [0.4, 0.5) is 4.79 Å². The highest BCUT2D eigenvalue weighted by molar-refractivity contribution is 5.83. The van der Waals surface area contributed by atoms with Crippen LogP contribution in [-0.4, -0.2) is 30.1 Å². The molecule has 2 unspecified atom stereocenters. The van der Waals surface area contributed by atoms with Crippen molar-refractivity contribution in [1.82, 2.24) is 10.6 Å². The van der Waals surface area contributed by atoms with Crippen LogP contribution < -0.4 is 10.6 Å². The molecule has 0 fully saturated rings. The molecule has 0 aliphatic heterocycles. The molecule has 2 amide bonds. The molecule has 0 bridgehead atoms. The molecule has 0 aromatic heterocycles. The van der Waals surface area contributed by atoms with Crippen LogP contribution in [0.25, 0.3) is 0 Å². The lowest BCUT2D eigenvalue weighted by atomic mass is 10.1. The normalized spacial score (nSPS) is 12.3. The Labute approximate surface area is 183 Å². The predicted molar refractivity (Wildman–Crippen MR) is 117 cm³/mol. The third-order valence-electron chi connectivity index (χ3n) is 4.69. The molecule has 2 rings (SSSR count). The zero-order chi connectivity index (χ0) is 22.5. The minimum absolute atomic E-state index is 0.0415. The number of alkyl carbamates (subject to hydrolysis) is 1. The van der Waals surface area contributed by atoms with Crippen LogP contribution in [0.3, 0.4) is 0 Å². The Morgan fingerprint density at radius 1 is 0.839 bits per heavy atom. The summed E-state index contributed by atoms with van der Waals surface area (Å²) in [7, 11) is 0. The van der Waals surface area contributed by atoms with Gasteiger partial charge in [-0.1, -0.05) is 67.6 Å². The number of benzene rings is 2. The quantitative estimate of drug-likeness (QED) is 0.534. The van der Waals surface area contributed by atoms with Crippen LogP contribution in [0, 0.1) is 0 Å². The van der Waals surface area contributed by atoms with Crippen molar-refractivity contribution in [2.75, 3.05) is 0 Å². The zero-order valence-corrected chi connectivity index (χ0v) is 18.0. The van der Waals surface area contributed by atoms with E-state index in [1.54, 1.807) is 0 Å². The molecule has 2 aromatic carbocycles. The van der Waals surface area contributed by atoms with E-state index in [1.807, 2.05) is 74.5 Å². The van der Waals surface area contributed by atoms with Crippen molar-refractivity contribution in [1.29, 1.82) is 0 Å². The highest BCUT2D eigenvalue weighted by atomic mass is 16.6. The first-order valence-corrected chi connectivity index (χ1v) is 10.4. The second kappa shape index (κ2) is 13.1. The van der Waals surface area contributed by atoms with E-state index in [2.05, 4.69) is 10.6 Å². The number of hydrogen-bond donors (Lipinski definition) is 2. The Morgan fingerprint density at radius 2 is 1.39 bits per heavy atom. The van der Waals surface area contributed by atoms with Crippen LogP contribution in [-0.2, 0) is 32.3 Å². The Balaban J connectivity index is 1.92. The van der Waals surface area contributed by atoms with Gasteiger partial charge in [0.25, 0.3) is 0 Å². The van der Waals surface area contributed by atoms with E-state index in [1.165, 1.54) is 0 Å². The lowest BCUT2D eigenvalue weighted by Crippen LogP contribution is -2.43. The molecule has 7 heteroatoms. The molecule has 0 saturated heterocycles. The molecule has 0 heterocycles. The molecular weight excluding hydrogens is 396 g/mol. The molecule has 2 atom stereocenters. The van der Waals surface area contributed by atoms with Crippen LogP contribution in [0.5, 0.6) is 0 Å². The van der Waals surface area contributed by atoms with Crippen LogP contribution in [0.15, 0.2) is 60.7 Å². The van der Waals surface area contributed by atoms with Gasteiger partial charge in [-0.2, -0.15) is 0 Å². The summed E-state index contributed by atoms with van der Waals surface area (Å²) in [5.41, 5.74) is 1.66. The fourth-order valence-electron chi connectivity index (χ4n) is 2.71. The lowest BCUT2D eigenvalue weighted by molar-refractivity contribution is -0.147. The van der Waals surface area contributed by atoms with E-state index >= 15 is 0 Å². The van der Waals surface area contributed by atoms with E-state index in [9.17, 15) is 14.4 Å². The summed E-state index contributed by atoms with van der Waals surface area (Å²) < 4.78 is 10.5. The fraction of sp³-hybridized carbons (Fsp3) is 0.375. The zero-order valence-electron chi connectivity index (χ0n) is 18.0. The summed E-state index contributed by atoms with van der Waals surface area (Å²) in [5, 5.41) is 5.38. The molecule has 0 spiro atoms. The van der Waals surface area contributed by atoms with Crippen molar-refractivity contribution >= 4 is 18.0 Å². The Kier molecular flexibility index (Phi) is 10.1. The first-order valence-electron chi connectivity index (χ1n) is 10.4. The maximum absolute atomic E-state index is 12.6. The fourth-order valence-corrected chi connectivity index (χ4v) is 2.71. The largest absolute Gasteiger partial charge is 0.459 e. The van der Waals surface area contributed by atoms with Gasteiger partial charge in [0.1, 0.15) is 19.3 Å². The number of nitrogens with one attached hydrogen (secondary N) is 2. The third kappa shape index (κ3) is 9.33. The van der Waals surface area contributed by atoms with Gasteiger partial charge in [-0.25, -0.2) is 9.59 Å². The third-order valence-corrected chi connectivity index (χ3v) is 4.69. The maximum atomic E-state index is 12.6. The van der Waals surface area contributed by atoms with E-state index < -0.39 is 18.1 Å². The number of hydrogen-bond acceptors (Lipinski definition) is 5. The predicted octanol–water partition coefficient (Wildman–Crippen LogP) is 3.72. The van der Waals surface area contributed by atoms with Gasteiger partial charge in [-0.3, -0.25) is 4.79 Å². The van der Waals surface area contributed by atoms with Crippen LogP contribution in [0.2, 0.25) is 0 Å². The first-order chi connectivity index (χ1) is 15.0. The number of ether oxygens (including phenoxy) is 2. The molecule has 0 aliphatic rings. The summed E-state index contributed by atoms with van der Waals surface area (Å²) in [6.07, 6.45) is 0.246. The number of carbonyl (C=O) groups excluding carboxylic acids is 3. The molecule has 0 saturated carbocycles. The average molecular weight is 427 g/mol. The smallest absolute Gasteiger partial charge is 0.408 e. The Bertz CT molecular complexity index is 826. The second-order valence-electron chi connectivity index (χ2n) is 7.27. The molecule has 166 valence electrons. The SMILES string of the molecule is CCC(C)NC(=O)CCC(NC(=O)OCc1ccccc1)C(=O)OCc1ccccc1. The van der Waals surface area contributed by atoms with Crippen molar-refractivity contribution in [3.8, 4) is 0 Å². The summed E-state index contributed by atoms with van der Waals surface area (Å²) in [4.78, 5) is 36.9. The first kappa shape index (κ1) is 23.9. The molecule has 0 radical (unpaired) electrons. The minimum atomic E-state index is -0.991. The molecule has 0 aliphatic carbocycles. The highest BCUT2D eigenvalue weighted by Gasteiger charge is 2.24. The molecule has 2 N–H and O–H groups in total. The van der Waals surface area contributed by atoms with E-state index in [0.29, 0.717) is 0 Å². The van der Waals surface area contributed by atoms with Gasteiger partial charge in [-0.05, 0) is 30.9 Å². The summed E-state index contributed by atoms with van der Waals surface area (Å²) in [5.74, 6) is -0.800. The minimum Gasteiger partial charge on any atom is -0.459 e. The van der Waals surface area contributed by atoms with Gasteiger partial charge in [-0.15, -0.1) is 0 Å². The van der Waals surface area contributed by atoms with Crippen molar-refractivity contribution in [3.63, 3.8) is 0 Å².